The van der Waals surface area contributed by atoms with Gasteiger partial charge in [0.1, 0.15) is 11.5 Å². The van der Waals surface area contributed by atoms with E-state index in [0.29, 0.717) is 41.3 Å². The molecule has 0 spiro atoms. The van der Waals surface area contributed by atoms with Crippen LogP contribution in [0.15, 0.2) is 192 Å². The number of nitrogens with zero attached hydrogens (tertiary/aromatic N) is 2. The van der Waals surface area contributed by atoms with E-state index in [9.17, 15) is 31.5 Å². The zero-order valence-electron chi connectivity index (χ0n) is 42.6. The van der Waals surface area contributed by atoms with Gasteiger partial charge >= 0.3 is 30.8 Å². The van der Waals surface area contributed by atoms with Crippen LogP contribution in [0.5, 0.6) is 11.5 Å². The van der Waals surface area contributed by atoms with Gasteiger partial charge < -0.3 is 34.6 Å². The molecule has 18 heteroatoms. The number of sulfonamides is 2. The maximum Gasteiger partial charge on any atom is 1.00 e. The molecule has 15 nitrogen and oxygen atoms in total. The molecule has 2 atom stereocenters. The second-order valence-corrected chi connectivity index (χ2v) is 20.6. The average molecular weight is 1050 g/mol. The maximum atomic E-state index is 13.2. The Balaban J connectivity index is 0.000000270. The largest absolute Gasteiger partial charge is 1.00 e. The van der Waals surface area contributed by atoms with E-state index < -0.39 is 26.0 Å². The number of nitrogens with one attached hydrogen (secondary N) is 2. The number of methoxy groups -OCH3 is 3. The van der Waals surface area contributed by atoms with Gasteiger partial charge in [-0.25, -0.2) is 16.8 Å². The van der Waals surface area contributed by atoms with Crippen molar-refractivity contribution in [2.75, 3.05) is 40.6 Å². The quantitative estimate of drug-likeness (QED) is 0.0489. The number of anilines is 4. The smallest absolute Gasteiger partial charge is 0.870 e. The summed E-state index contributed by atoms with van der Waals surface area (Å²) in [6.45, 7) is 4.94. The van der Waals surface area contributed by atoms with Gasteiger partial charge in [-0.1, -0.05) is 109 Å². The molecular weight excluding hydrogens is 988 g/mol. The minimum absolute atomic E-state index is 0. The van der Waals surface area contributed by atoms with Gasteiger partial charge in [0.05, 0.1) is 55.3 Å². The molecule has 0 aliphatic carbocycles. The van der Waals surface area contributed by atoms with E-state index in [1.54, 1.807) is 36.4 Å². The van der Waals surface area contributed by atoms with Crippen LogP contribution in [0.4, 0.5) is 22.7 Å². The summed E-state index contributed by atoms with van der Waals surface area (Å²) in [7, 11) is -3.23. The van der Waals surface area contributed by atoms with Crippen molar-refractivity contribution >= 4 is 76.3 Å². The number of aliphatic carboxylic acids is 1. The van der Waals surface area contributed by atoms with E-state index in [1.165, 1.54) is 45.6 Å². The minimum atomic E-state index is -3.84. The SMILES string of the molecule is COC(=O)C[C@H](C)N(Cc1ccccc1)c1ccc(NS(=O)(=O)c2ccc(OC)cc2)c2ccccc12.COc1ccc(S(=O)(=O)Nc2ccc(N(Cc3ccccc3)[C@@H](C)CC(=O)O)c3ccccc23)cc1.[Li+].[OH-]. The summed E-state index contributed by atoms with van der Waals surface area (Å²) in [6.07, 6.45) is 0.177. The summed E-state index contributed by atoms with van der Waals surface area (Å²) in [6, 6.07) is 54.2. The van der Waals surface area contributed by atoms with Crippen molar-refractivity contribution in [2.24, 2.45) is 0 Å². The summed E-state index contributed by atoms with van der Waals surface area (Å²) in [5.74, 6) is -0.0291. The van der Waals surface area contributed by atoms with Crippen LogP contribution in [0.3, 0.4) is 0 Å². The van der Waals surface area contributed by atoms with Crippen LogP contribution >= 0.6 is 0 Å². The number of carbonyl (C=O) groups excluding carboxylic acids is 1. The number of ether oxygens (including phenoxy) is 3. The number of esters is 1. The average Bonchev–Trinajstić information content (AvgIpc) is 3.40. The topological polar surface area (TPSA) is 211 Å². The van der Waals surface area contributed by atoms with E-state index in [-0.39, 0.29) is 65.0 Å². The van der Waals surface area contributed by atoms with Gasteiger partial charge in [0.15, 0.2) is 0 Å². The van der Waals surface area contributed by atoms with Crippen molar-refractivity contribution in [2.45, 2.75) is 61.7 Å². The van der Waals surface area contributed by atoms with Gasteiger partial charge in [-0.3, -0.25) is 19.0 Å². The van der Waals surface area contributed by atoms with Crippen LogP contribution in [0, 0.1) is 0 Å². The fourth-order valence-electron chi connectivity index (χ4n) is 8.48. The molecule has 0 amide bonds. The van der Waals surface area contributed by atoms with Gasteiger partial charge in [0.25, 0.3) is 20.0 Å². The number of hydrogen-bond acceptors (Lipinski definition) is 12. The first-order chi connectivity index (χ1) is 35.1. The van der Waals surface area contributed by atoms with Crippen molar-refractivity contribution in [1.29, 1.82) is 0 Å². The fourth-order valence-corrected chi connectivity index (χ4v) is 10.6. The van der Waals surface area contributed by atoms with Crippen molar-refractivity contribution in [3.05, 3.63) is 193 Å². The molecule has 8 aromatic rings. The molecule has 8 aromatic carbocycles. The first-order valence-corrected chi connectivity index (χ1v) is 26.3. The molecule has 0 aliphatic heterocycles. The second kappa shape index (κ2) is 26.6. The predicted molar refractivity (Wildman–Crippen MR) is 290 cm³/mol. The van der Waals surface area contributed by atoms with Gasteiger partial charge in [0, 0.05) is 58.1 Å². The molecule has 0 bridgehead atoms. The Labute approximate surface area is 450 Å². The number of carboxylic acids is 1. The second-order valence-electron chi connectivity index (χ2n) is 17.2. The molecule has 4 N–H and O–H groups in total. The number of benzene rings is 8. The molecule has 0 unspecified atom stereocenters. The Morgan fingerprint density at radius 3 is 1.19 bits per heavy atom. The van der Waals surface area contributed by atoms with Crippen LogP contribution in [0.1, 0.15) is 37.8 Å². The van der Waals surface area contributed by atoms with Crippen molar-refractivity contribution < 1.29 is 70.1 Å². The Morgan fingerprint density at radius 2 is 0.840 bits per heavy atom. The standard InChI is InChI=1S/C29H30N2O5S.C28H28N2O5S.Li.H2O/c1-21(19-29(32)36-3)31(20-22-9-5-4-6-10-22)28-18-17-27(25-11-7-8-12-26(25)28)30-37(33,34)24-15-13-23(35-2)14-16-24;1-20(18-28(31)32)30(19-21-8-4-3-5-9-21)27-17-16-26(24-10-6-7-11-25(24)27)29-36(33,34)23-14-12-22(35-2)13-15-23;;/h4-18,21,30H,19-20H2,1-3H3;3-17,20,29H,18-19H2,1-2H3,(H,31,32);;1H2/q;;+1;/p-1/t21-;20-;;/m00../s1. The van der Waals surface area contributed by atoms with E-state index >= 15 is 0 Å². The van der Waals surface area contributed by atoms with E-state index in [4.69, 9.17) is 14.2 Å². The molecule has 0 aromatic heterocycles. The number of rotatable bonds is 20. The third kappa shape index (κ3) is 14.8. The van der Waals surface area contributed by atoms with Crippen molar-refractivity contribution in [3.8, 4) is 11.5 Å². The third-order valence-electron chi connectivity index (χ3n) is 12.3. The normalized spacial score (nSPS) is 11.8. The van der Waals surface area contributed by atoms with Crippen LogP contribution in [-0.2, 0) is 47.5 Å². The van der Waals surface area contributed by atoms with Gasteiger partial charge in [0.2, 0.25) is 0 Å². The molecule has 0 fully saturated rings. The Morgan fingerprint density at radius 1 is 0.493 bits per heavy atom. The summed E-state index contributed by atoms with van der Waals surface area (Å²) < 4.78 is 73.2. The summed E-state index contributed by atoms with van der Waals surface area (Å²) in [5.41, 5.74) is 4.76. The van der Waals surface area contributed by atoms with Gasteiger partial charge in [-0.2, -0.15) is 0 Å². The minimum Gasteiger partial charge on any atom is -0.870 e. The van der Waals surface area contributed by atoms with Crippen LogP contribution in [0.25, 0.3) is 21.5 Å². The molecule has 0 aliphatic rings. The molecule has 8 rings (SSSR count). The number of hydrogen-bond donors (Lipinski definition) is 3. The first-order valence-electron chi connectivity index (χ1n) is 23.4. The molecular formula is C57H59LiN4O11S2. The zero-order valence-corrected chi connectivity index (χ0v) is 44.2. The van der Waals surface area contributed by atoms with E-state index in [0.717, 1.165) is 38.7 Å². The summed E-state index contributed by atoms with van der Waals surface area (Å²) in [5, 5.41) is 12.6. The van der Waals surface area contributed by atoms with Crippen molar-refractivity contribution in [1.82, 2.24) is 0 Å². The summed E-state index contributed by atoms with van der Waals surface area (Å²) >= 11 is 0. The van der Waals surface area contributed by atoms with Crippen LogP contribution < -0.4 is 47.6 Å². The van der Waals surface area contributed by atoms with Crippen LogP contribution in [-0.4, -0.2) is 72.8 Å². The van der Waals surface area contributed by atoms with Gasteiger partial charge in [-0.15, -0.1) is 0 Å². The number of carbonyl (C=O) groups is 2. The van der Waals surface area contributed by atoms with E-state index in [1.807, 2.05) is 140 Å². The Bertz CT molecular complexity index is 3390. The molecule has 0 saturated heterocycles. The zero-order chi connectivity index (χ0) is 52.1. The Kier molecular flexibility index (Phi) is 20.7. The Hall–Kier alpha value is -7.52. The number of carboxylic acid groups (broad SMARTS) is 1. The molecule has 75 heavy (non-hydrogen) atoms. The maximum absolute atomic E-state index is 13.2. The van der Waals surface area contributed by atoms with Crippen LogP contribution in [0.2, 0.25) is 0 Å². The number of fused-ring (bicyclic) bond motifs is 2. The monoisotopic (exact) mass is 1050 g/mol. The van der Waals surface area contributed by atoms with Crippen molar-refractivity contribution in [3.63, 3.8) is 0 Å². The predicted octanol–water partition coefficient (Wildman–Crippen LogP) is 7.95. The first kappa shape index (κ1) is 58.4. The molecule has 0 heterocycles. The molecule has 0 radical (unpaired) electrons. The molecule has 0 saturated carbocycles. The molecule has 386 valence electrons. The van der Waals surface area contributed by atoms with E-state index in [2.05, 4.69) is 14.3 Å². The fraction of sp³-hybridized carbons (Fsp3) is 0.193. The summed E-state index contributed by atoms with van der Waals surface area (Å²) in [4.78, 5) is 28.1. The van der Waals surface area contributed by atoms with Gasteiger partial charge in [-0.05, 0) is 97.8 Å². The third-order valence-corrected chi connectivity index (χ3v) is 15.0.